The molecule has 2 unspecified atom stereocenters. The summed E-state index contributed by atoms with van der Waals surface area (Å²) in [5.41, 5.74) is -0.795. The zero-order valence-corrected chi connectivity index (χ0v) is 16.9. The van der Waals surface area contributed by atoms with E-state index in [1.54, 1.807) is 0 Å². The Morgan fingerprint density at radius 3 is 2.38 bits per heavy atom. The van der Waals surface area contributed by atoms with Crippen LogP contribution in [0, 0.1) is 0 Å². The molecule has 24 heavy (non-hydrogen) atoms. The number of rotatable bonds is 7. The van der Waals surface area contributed by atoms with Gasteiger partial charge in [0, 0.05) is 18.6 Å². The lowest BCUT2D eigenvalue weighted by Gasteiger charge is -2.31. The number of unbranched alkanes of at least 4 members (excludes halogenated alkanes) is 1. The van der Waals surface area contributed by atoms with E-state index in [-0.39, 0.29) is 29.4 Å². The van der Waals surface area contributed by atoms with Gasteiger partial charge in [0.05, 0.1) is 11.2 Å². The molecule has 2 N–H and O–H groups in total. The van der Waals surface area contributed by atoms with Gasteiger partial charge in [-0.15, -0.1) is 0 Å². The summed E-state index contributed by atoms with van der Waals surface area (Å²) in [4.78, 5) is 11.9. The van der Waals surface area contributed by atoms with E-state index >= 15 is 0 Å². The first-order valence-electron chi connectivity index (χ1n) is 9.28. The van der Waals surface area contributed by atoms with Crippen LogP contribution >= 0.6 is 0 Å². The quantitative estimate of drug-likeness (QED) is 0.734. The molecule has 0 aliphatic carbocycles. The number of alkyl carbamates (subject to hydrolysis) is 1. The summed E-state index contributed by atoms with van der Waals surface area (Å²) < 4.78 is 11.5. The monoisotopic (exact) mass is 342 g/mol. The fraction of sp³-hybridized carbons (Fsp3) is 0.947. The fourth-order valence-corrected chi connectivity index (χ4v) is 3.32. The van der Waals surface area contributed by atoms with Crippen LogP contribution in [0.2, 0.25) is 0 Å². The van der Waals surface area contributed by atoms with Crippen LogP contribution in [-0.2, 0) is 9.47 Å². The molecule has 1 aliphatic heterocycles. The molecule has 1 rings (SSSR count). The zero-order chi connectivity index (χ0) is 18.6. The second-order valence-corrected chi connectivity index (χ2v) is 9.11. The van der Waals surface area contributed by atoms with Crippen LogP contribution in [0.5, 0.6) is 0 Å². The first-order chi connectivity index (χ1) is 10.8. The number of hydrogen-bond acceptors (Lipinski definition) is 4. The number of carbonyl (C=O) groups excluding carboxylic acids is 1. The van der Waals surface area contributed by atoms with Gasteiger partial charge in [0.15, 0.2) is 0 Å². The van der Waals surface area contributed by atoms with Gasteiger partial charge in [-0.25, -0.2) is 4.79 Å². The van der Waals surface area contributed by atoms with Gasteiger partial charge in [0.2, 0.25) is 0 Å². The van der Waals surface area contributed by atoms with Crippen molar-refractivity contribution in [3.8, 4) is 0 Å². The molecule has 0 bridgehead atoms. The van der Waals surface area contributed by atoms with Crippen molar-refractivity contribution in [3.05, 3.63) is 0 Å². The number of hydrogen-bond donors (Lipinski definition) is 2. The second kappa shape index (κ2) is 8.05. The van der Waals surface area contributed by atoms with Gasteiger partial charge >= 0.3 is 6.09 Å². The molecule has 1 fully saturated rings. The molecule has 0 spiro atoms. The molecule has 1 amide bonds. The first-order valence-corrected chi connectivity index (χ1v) is 9.28. The van der Waals surface area contributed by atoms with E-state index in [0.29, 0.717) is 6.54 Å². The topological polar surface area (TPSA) is 59.6 Å². The van der Waals surface area contributed by atoms with Crippen LogP contribution in [0.25, 0.3) is 0 Å². The molecule has 0 saturated carbocycles. The van der Waals surface area contributed by atoms with Crippen LogP contribution in [-0.4, -0.2) is 41.5 Å². The van der Waals surface area contributed by atoms with Gasteiger partial charge in [0.1, 0.15) is 5.60 Å². The first kappa shape index (κ1) is 21.2. The summed E-state index contributed by atoms with van der Waals surface area (Å²) in [6.45, 7) is 16.9. The van der Waals surface area contributed by atoms with Crippen LogP contribution in [0.1, 0.15) is 81.1 Å². The molecule has 1 aliphatic rings. The average molecular weight is 343 g/mol. The third-order valence-electron chi connectivity index (χ3n) is 4.31. The fourth-order valence-electron chi connectivity index (χ4n) is 3.32. The lowest BCUT2D eigenvalue weighted by atomic mass is 9.93. The van der Waals surface area contributed by atoms with E-state index in [9.17, 15) is 4.79 Å². The molecule has 0 aromatic rings. The van der Waals surface area contributed by atoms with Gasteiger partial charge in [-0.05, 0) is 61.3 Å². The standard InChI is InChI=1S/C19H38N2O3/c1-9-10-11-14(13-20-16(22)23-17(2,3)4)21-15-12-18(5,6)24-19(15,7)8/h14-15,21H,9-13H2,1-8H3,(H,20,22). The Morgan fingerprint density at radius 1 is 1.29 bits per heavy atom. The van der Waals surface area contributed by atoms with Crippen molar-refractivity contribution in [1.29, 1.82) is 0 Å². The molecule has 1 saturated heterocycles. The SMILES string of the molecule is CCCCC(CNC(=O)OC(C)(C)C)NC1CC(C)(C)OC1(C)C. The molecule has 0 aromatic carbocycles. The van der Waals surface area contributed by atoms with E-state index in [1.807, 2.05) is 20.8 Å². The van der Waals surface area contributed by atoms with Gasteiger partial charge in [-0.2, -0.15) is 0 Å². The maximum atomic E-state index is 11.9. The second-order valence-electron chi connectivity index (χ2n) is 9.11. The molecule has 142 valence electrons. The lowest BCUT2D eigenvalue weighted by molar-refractivity contribution is -0.0704. The molecule has 2 atom stereocenters. The van der Waals surface area contributed by atoms with Crippen molar-refractivity contribution in [1.82, 2.24) is 10.6 Å². The van der Waals surface area contributed by atoms with Crippen molar-refractivity contribution < 1.29 is 14.3 Å². The Labute approximate surface area is 148 Å². The summed E-state index contributed by atoms with van der Waals surface area (Å²) in [6, 6.07) is 0.494. The lowest BCUT2D eigenvalue weighted by Crippen LogP contribution is -2.51. The smallest absolute Gasteiger partial charge is 0.407 e. The largest absolute Gasteiger partial charge is 0.444 e. The Balaban J connectivity index is 2.61. The Morgan fingerprint density at radius 2 is 1.92 bits per heavy atom. The third-order valence-corrected chi connectivity index (χ3v) is 4.31. The van der Waals surface area contributed by atoms with Crippen LogP contribution in [0.15, 0.2) is 0 Å². The highest BCUT2D eigenvalue weighted by Crippen LogP contribution is 2.37. The van der Waals surface area contributed by atoms with Crippen molar-refractivity contribution in [2.45, 2.75) is 110 Å². The molecule has 0 aromatic heterocycles. The maximum Gasteiger partial charge on any atom is 0.407 e. The van der Waals surface area contributed by atoms with Crippen LogP contribution < -0.4 is 10.6 Å². The average Bonchev–Trinajstić information content (AvgIpc) is 2.58. The van der Waals surface area contributed by atoms with Crippen molar-refractivity contribution in [3.63, 3.8) is 0 Å². The van der Waals surface area contributed by atoms with Crippen molar-refractivity contribution in [2.75, 3.05) is 6.54 Å². The summed E-state index contributed by atoms with van der Waals surface area (Å²) in [6.07, 6.45) is 3.91. The van der Waals surface area contributed by atoms with Gasteiger partial charge < -0.3 is 20.1 Å². The number of carbonyl (C=O) groups is 1. The van der Waals surface area contributed by atoms with Crippen molar-refractivity contribution in [2.24, 2.45) is 0 Å². The molecular weight excluding hydrogens is 304 g/mol. The molecule has 0 radical (unpaired) electrons. The van der Waals surface area contributed by atoms with E-state index in [0.717, 1.165) is 25.7 Å². The minimum absolute atomic E-state index is 0.116. The summed E-state index contributed by atoms with van der Waals surface area (Å²) >= 11 is 0. The van der Waals surface area contributed by atoms with E-state index < -0.39 is 5.60 Å². The van der Waals surface area contributed by atoms with Gasteiger partial charge in [-0.1, -0.05) is 19.8 Å². The van der Waals surface area contributed by atoms with Crippen LogP contribution in [0.4, 0.5) is 4.79 Å². The highest BCUT2D eigenvalue weighted by atomic mass is 16.6. The summed E-state index contributed by atoms with van der Waals surface area (Å²) in [5, 5.41) is 6.63. The molecule has 5 heteroatoms. The van der Waals surface area contributed by atoms with Gasteiger partial charge in [0.25, 0.3) is 0 Å². The van der Waals surface area contributed by atoms with Crippen LogP contribution in [0.3, 0.4) is 0 Å². The van der Waals surface area contributed by atoms with E-state index in [4.69, 9.17) is 9.47 Å². The zero-order valence-electron chi connectivity index (χ0n) is 16.9. The minimum atomic E-state index is -0.471. The molecule has 5 nitrogen and oxygen atoms in total. The maximum absolute atomic E-state index is 11.9. The third kappa shape index (κ3) is 7.39. The van der Waals surface area contributed by atoms with Crippen molar-refractivity contribution >= 4 is 6.09 Å². The van der Waals surface area contributed by atoms with Gasteiger partial charge in [-0.3, -0.25) is 0 Å². The Bertz CT molecular complexity index is 413. The minimum Gasteiger partial charge on any atom is -0.444 e. The van der Waals surface area contributed by atoms with E-state index in [2.05, 4.69) is 45.3 Å². The number of nitrogens with one attached hydrogen (secondary N) is 2. The predicted octanol–water partition coefficient (Wildman–Crippen LogP) is 4.01. The number of amides is 1. The number of ether oxygens (including phenoxy) is 2. The molecular formula is C19H38N2O3. The summed E-state index contributed by atoms with van der Waals surface area (Å²) in [5.74, 6) is 0. The highest BCUT2D eigenvalue weighted by molar-refractivity contribution is 5.67. The predicted molar refractivity (Wildman–Crippen MR) is 98.3 cm³/mol. The van der Waals surface area contributed by atoms with E-state index in [1.165, 1.54) is 0 Å². The highest BCUT2D eigenvalue weighted by Gasteiger charge is 2.46. The Kier molecular flexibility index (Phi) is 7.12. The summed E-state index contributed by atoms with van der Waals surface area (Å²) in [7, 11) is 0. The molecule has 1 heterocycles. The normalized spacial score (nSPS) is 23.8. The Hall–Kier alpha value is -0.810.